The van der Waals surface area contributed by atoms with E-state index >= 15 is 0 Å². The number of nitrogens with zero attached hydrogens (tertiary/aromatic N) is 2. The molecular formula is C15H12N2O4. The Morgan fingerprint density at radius 3 is 2.90 bits per heavy atom. The molecule has 0 aliphatic rings. The molecule has 1 aromatic carbocycles. The molecule has 21 heavy (non-hydrogen) atoms. The molecule has 0 amide bonds. The second kappa shape index (κ2) is 5.24. The number of rotatable bonds is 4. The third-order valence-electron chi connectivity index (χ3n) is 2.94. The number of para-hydroxylation sites is 1. The number of ether oxygens (including phenoxy) is 1. The van der Waals surface area contributed by atoms with Gasteiger partial charge in [-0.2, -0.15) is 0 Å². The molecule has 6 nitrogen and oxygen atoms in total. The number of hydrogen-bond donors (Lipinski definition) is 1. The highest BCUT2D eigenvalue weighted by atomic mass is 16.5. The summed E-state index contributed by atoms with van der Waals surface area (Å²) in [6, 6.07) is 9.52. The van der Waals surface area contributed by atoms with Crippen molar-refractivity contribution in [3.8, 4) is 5.75 Å². The van der Waals surface area contributed by atoms with Crippen LogP contribution in [0.3, 0.4) is 0 Å². The summed E-state index contributed by atoms with van der Waals surface area (Å²) in [6.07, 6.45) is 1.09. The SMILES string of the molecule is Cc1ccc2cccc(OCc3nc(C(=O)O)co3)c2n1. The third-order valence-corrected chi connectivity index (χ3v) is 2.94. The number of benzene rings is 1. The lowest BCUT2D eigenvalue weighted by molar-refractivity contribution is 0.0690. The number of carbonyl (C=O) groups is 1. The number of oxazole rings is 1. The number of aryl methyl sites for hydroxylation is 1. The first kappa shape index (κ1) is 13.1. The van der Waals surface area contributed by atoms with E-state index in [1.807, 2.05) is 31.2 Å². The number of hydrogen-bond acceptors (Lipinski definition) is 5. The maximum absolute atomic E-state index is 10.7. The Labute approximate surface area is 120 Å². The van der Waals surface area contributed by atoms with Gasteiger partial charge < -0.3 is 14.3 Å². The first-order valence-corrected chi connectivity index (χ1v) is 6.30. The van der Waals surface area contributed by atoms with Gasteiger partial charge in [0.05, 0.1) is 0 Å². The average molecular weight is 284 g/mol. The zero-order valence-electron chi connectivity index (χ0n) is 11.2. The van der Waals surface area contributed by atoms with Gasteiger partial charge in [-0.05, 0) is 19.1 Å². The van der Waals surface area contributed by atoms with Crippen LogP contribution in [0.25, 0.3) is 10.9 Å². The molecule has 2 aromatic heterocycles. The number of carboxylic acids is 1. The zero-order chi connectivity index (χ0) is 14.8. The van der Waals surface area contributed by atoms with E-state index in [1.165, 1.54) is 0 Å². The molecule has 2 heterocycles. The van der Waals surface area contributed by atoms with E-state index in [2.05, 4.69) is 9.97 Å². The molecule has 0 saturated carbocycles. The van der Waals surface area contributed by atoms with E-state index in [-0.39, 0.29) is 18.2 Å². The van der Waals surface area contributed by atoms with Gasteiger partial charge in [-0.1, -0.05) is 18.2 Å². The predicted molar refractivity (Wildman–Crippen MR) is 74.3 cm³/mol. The summed E-state index contributed by atoms with van der Waals surface area (Å²) in [5, 5.41) is 9.75. The van der Waals surface area contributed by atoms with Gasteiger partial charge in [0.15, 0.2) is 12.3 Å². The Morgan fingerprint density at radius 2 is 2.14 bits per heavy atom. The Balaban J connectivity index is 1.84. The summed E-state index contributed by atoms with van der Waals surface area (Å²) in [6.45, 7) is 1.95. The Morgan fingerprint density at radius 1 is 1.29 bits per heavy atom. The highest BCUT2D eigenvalue weighted by molar-refractivity contribution is 5.85. The van der Waals surface area contributed by atoms with Crippen LogP contribution in [0.15, 0.2) is 41.0 Å². The summed E-state index contributed by atoms with van der Waals surface area (Å²) >= 11 is 0. The monoisotopic (exact) mass is 284 g/mol. The van der Waals surface area contributed by atoms with Crippen LogP contribution in [0.2, 0.25) is 0 Å². The fraction of sp³-hybridized carbons (Fsp3) is 0.133. The second-order valence-electron chi connectivity index (χ2n) is 4.50. The van der Waals surface area contributed by atoms with Crippen molar-refractivity contribution in [2.24, 2.45) is 0 Å². The highest BCUT2D eigenvalue weighted by Crippen LogP contribution is 2.24. The molecule has 0 radical (unpaired) electrons. The Kier molecular flexibility index (Phi) is 3.27. The molecule has 106 valence electrons. The number of aromatic carboxylic acids is 1. The van der Waals surface area contributed by atoms with Crippen LogP contribution in [-0.4, -0.2) is 21.0 Å². The van der Waals surface area contributed by atoms with Crippen molar-refractivity contribution < 1.29 is 19.1 Å². The van der Waals surface area contributed by atoms with Gasteiger partial charge in [-0.3, -0.25) is 0 Å². The minimum Gasteiger partial charge on any atom is -0.482 e. The minimum absolute atomic E-state index is 0.0437. The zero-order valence-corrected chi connectivity index (χ0v) is 11.2. The molecule has 0 aliphatic heterocycles. The molecule has 0 atom stereocenters. The molecule has 0 spiro atoms. The fourth-order valence-electron chi connectivity index (χ4n) is 1.95. The topological polar surface area (TPSA) is 85.5 Å². The largest absolute Gasteiger partial charge is 0.482 e. The molecule has 0 unspecified atom stereocenters. The number of pyridine rings is 1. The summed E-state index contributed by atoms with van der Waals surface area (Å²) < 4.78 is 10.7. The van der Waals surface area contributed by atoms with Gasteiger partial charge in [-0.25, -0.2) is 14.8 Å². The van der Waals surface area contributed by atoms with E-state index in [0.717, 1.165) is 22.9 Å². The minimum atomic E-state index is -1.13. The maximum Gasteiger partial charge on any atom is 0.357 e. The van der Waals surface area contributed by atoms with Crippen LogP contribution in [0.1, 0.15) is 22.1 Å². The van der Waals surface area contributed by atoms with Crippen molar-refractivity contribution in [1.29, 1.82) is 0 Å². The molecule has 0 fully saturated rings. The first-order chi connectivity index (χ1) is 10.1. The summed E-state index contributed by atoms with van der Waals surface area (Å²) in [4.78, 5) is 19.0. The van der Waals surface area contributed by atoms with Gasteiger partial charge in [0.1, 0.15) is 17.5 Å². The molecule has 1 N–H and O–H groups in total. The summed E-state index contributed by atoms with van der Waals surface area (Å²) in [7, 11) is 0. The molecule has 0 saturated heterocycles. The van der Waals surface area contributed by atoms with Gasteiger partial charge in [0, 0.05) is 11.1 Å². The van der Waals surface area contributed by atoms with Crippen molar-refractivity contribution in [3.63, 3.8) is 0 Å². The van der Waals surface area contributed by atoms with Crippen LogP contribution in [0.4, 0.5) is 0 Å². The second-order valence-corrected chi connectivity index (χ2v) is 4.50. The van der Waals surface area contributed by atoms with Crippen LogP contribution in [0.5, 0.6) is 5.75 Å². The summed E-state index contributed by atoms with van der Waals surface area (Å²) in [5.41, 5.74) is 1.51. The Hall–Kier alpha value is -2.89. The summed E-state index contributed by atoms with van der Waals surface area (Å²) in [5.74, 6) is -0.323. The molecule has 0 bridgehead atoms. The van der Waals surface area contributed by atoms with E-state index in [9.17, 15) is 4.79 Å². The van der Waals surface area contributed by atoms with E-state index in [4.69, 9.17) is 14.3 Å². The Bertz CT molecular complexity index is 810. The lowest BCUT2D eigenvalue weighted by Crippen LogP contribution is -2.00. The number of fused-ring (bicyclic) bond motifs is 1. The number of aromatic nitrogens is 2. The van der Waals surface area contributed by atoms with Crippen molar-refractivity contribution in [2.45, 2.75) is 13.5 Å². The van der Waals surface area contributed by atoms with Gasteiger partial charge in [-0.15, -0.1) is 0 Å². The third kappa shape index (κ3) is 2.69. The number of carboxylic acid groups (broad SMARTS) is 1. The molecular weight excluding hydrogens is 272 g/mol. The average Bonchev–Trinajstić information content (AvgIpc) is 2.94. The molecule has 3 rings (SSSR count). The van der Waals surface area contributed by atoms with E-state index < -0.39 is 5.97 Å². The van der Waals surface area contributed by atoms with Gasteiger partial charge in [0.2, 0.25) is 5.89 Å². The standard InChI is InChI=1S/C15H12N2O4/c1-9-5-6-10-3-2-4-12(14(10)16-9)20-8-13-17-11(7-21-13)15(18)19/h2-7H,8H2,1H3,(H,18,19). The first-order valence-electron chi connectivity index (χ1n) is 6.30. The van der Waals surface area contributed by atoms with Crippen molar-refractivity contribution in [3.05, 3.63) is 53.9 Å². The quantitative estimate of drug-likeness (QED) is 0.792. The van der Waals surface area contributed by atoms with E-state index in [1.54, 1.807) is 6.07 Å². The van der Waals surface area contributed by atoms with Crippen molar-refractivity contribution in [1.82, 2.24) is 9.97 Å². The molecule has 6 heteroatoms. The normalized spacial score (nSPS) is 10.7. The maximum atomic E-state index is 10.7. The smallest absolute Gasteiger partial charge is 0.357 e. The van der Waals surface area contributed by atoms with E-state index in [0.29, 0.717) is 5.75 Å². The van der Waals surface area contributed by atoms with Crippen LogP contribution in [-0.2, 0) is 6.61 Å². The van der Waals surface area contributed by atoms with Crippen LogP contribution < -0.4 is 4.74 Å². The molecule has 3 aromatic rings. The highest BCUT2D eigenvalue weighted by Gasteiger charge is 2.11. The van der Waals surface area contributed by atoms with Gasteiger partial charge >= 0.3 is 5.97 Å². The van der Waals surface area contributed by atoms with Gasteiger partial charge in [0.25, 0.3) is 0 Å². The fourth-order valence-corrected chi connectivity index (χ4v) is 1.95. The van der Waals surface area contributed by atoms with Crippen LogP contribution in [0, 0.1) is 6.92 Å². The van der Waals surface area contributed by atoms with Crippen LogP contribution >= 0.6 is 0 Å². The predicted octanol–water partition coefficient (Wildman–Crippen LogP) is 2.81. The lowest BCUT2D eigenvalue weighted by Gasteiger charge is -2.07. The van der Waals surface area contributed by atoms with Crippen molar-refractivity contribution >= 4 is 16.9 Å². The lowest BCUT2D eigenvalue weighted by atomic mass is 10.2. The molecule has 0 aliphatic carbocycles. The van der Waals surface area contributed by atoms with Crippen molar-refractivity contribution in [2.75, 3.05) is 0 Å².